The molecule has 0 radical (unpaired) electrons. The summed E-state index contributed by atoms with van der Waals surface area (Å²) in [5.74, 6) is -2.47. The van der Waals surface area contributed by atoms with Gasteiger partial charge in [0.2, 0.25) is 5.91 Å². The molecule has 0 spiro atoms. The van der Waals surface area contributed by atoms with Gasteiger partial charge in [-0.25, -0.2) is 9.59 Å². The monoisotopic (exact) mass is 415 g/mol. The molecule has 0 aromatic carbocycles. The zero-order valence-corrected chi connectivity index (χ0v) is 17.1. The molecule has 0 aromatic rings. The van der Waals surface area contributed by atoms with Crippen molar-refractivity contribution in [2.24, 2.45) is 5.92 Å². The SMILES string of the molecule is CC(=O)N1C[C@H]2CC(COC(=O)NCC(F)(F)F)=C(C(=O)O)N3C(=O)[C@@H]1[C@@H]23.[H-].[Na+]. The smallest absolute Gasteiger partial charge is 1.00 e. The molecule has 2 N–H and O–H groups in total. The summed E-state index contributed by atoms with van der Waals surface area (Å²) in [6, 6.07) is -1.14. The summed E-state index contributed by atoms with van der Waals surface area (Å²) in [6.07, 6.45) is -5.80. The van der Waals surface area contributed by atoms with Crippen molar-refractivity contribution in [1.82, 2.24) is 15.1 Å². The van der Waals surface area contributed by atoms with E-state index in [1.807, 2.05) is 0 Å². The molecule has 2 saturated heterocycles. The van der Waals surface area contributed by atoms with E-state index in [1.54, 1.807) is 0 Å². The molecule has 0 unspecified atom stereocenters. The van der Waals surface area contributed by atoms with Gasteiger partial charge in [0, 0.05) is 19.4 Å². The first-order valence-corrected chi connectivity index (χ1v) is 8.04. The number of carboxylic acids is 1. The first kappa shape index (κ1) is 22.5. The Kier molecular flexibility index (Phi) is 6.36. The van der Waals surface area contributed by atoms with Crippen molar-refractivity contribution in [2.75, 3.05) is 19.7 Å². The number of halogens is 3. The maximum Gasteiger partial charge on any atom is 1.00 e. The number of nitrogens with zero attached hydrogens (tertiary/aromatic N) is 2. The molecule has 3 heterocycles. The van der Waals surface area contributed by atoms with Gasteiger partial charge in [0.05, 0.1) is 6.04 Å². The van der Waals surface area contributed by atoms with E-state index in [4.69, 9.17) is 4.74 Å². The number of ether oxygens (including phenoxy) is 1. The van der Waals surface area contributed by atoms with E-state index in [1.165, 1.54) is 17.1 Å². The van der Waals surface area contributed by atoms with Gasteiger partial charge in [-0.05, 0) is 12.0 Å². The second-order valence-corrected chi connectivity index (χ2v) is 6.58. The average molecular weight is 415 g/mol. The van der Waals surface area contributed by atoms with Gasteiger partial charge in [-0.3, -0.25) is 14.5 Å². The number of rotatable bonds is 4. The first-order valence-electron chi connectivity index (χ1n) is 8.04. The Morgan fingerprint density at radius 1 is 1.36 bits per heavy atom. The number of hydrogen-bond acceptors (Lipinski definition) is 5. The Hall–Kier alpha value is -1.79. The fourth-order valence-electron chi connectivity index (χ4n) is 3.87. The van der Waals surface area contributed by atoms with Gasteiger partial charge in [-0.2, -0.15) is 13.2 Å². The normalized spacial score (nSPS) is 25.6. The minimum absolute atomic E-state index is 0. The van der Waals surface area contributed by atoms with E-state index in [2.05, 4.69) is 0 Å². The molecule has 0 aromatic heterocycles. The quantitative estimate of drug-likeness (QED) is 0.378. The fraction of sp³-hybridized carbons (Fsp3) is 0.600. The third kappa shape index (κ3) is 3.98. The van der Waals surface area contributed by atoms with E-state index in [0.29, 0.717) is 0 Å². The zero-order valence-electron chi connectivity index (χ0n) is 16.1. The molecule has 3 aliphatic heterocycles. The molecule has 3 rings (SSSR count). The predicted molar refractivity (Wildman–Crippen MR) is 81.1 cm³/mol. The third-order valence-electron chi connectivity index (χ3n) is 4.86. The van der Waals surface area contributed by atoms with Gasteiger partial charge >= 0.3 is 47.8 Å². The molecule has 9 nitrogen and oxygen atoms in total. The van der Waals surface area contributed by atoms with Gasteiger partial charge in [-0.15, -0.1) is 0 Å². The second kappa shape index (κ2) is 7.91. The van der Waals surface area contributed by atoms with Crippen LogP contribution in [0.2, 0.25) is 0 Å². The summed E-state index contributed by atoms with van der Waals surface area (Å²) in [5.41, 5.74) is -0.227. The Morgan fingerprint density at radius 2 is 2.00 bits per heavy atom. The van der Waals surface area contributed by atoms with Crippen molar-refractivity contribution < 1.29 is 73.2 Å². The van der Waals surface area contributed by atoms with Crippen LogP contribution in [0.1, 0.15) is 14.8 Å². The fourth-order valence-corrected chi connectivity index (χ4v) is 3.87. The average Bonchev–Trinajstić information content (AvgIpc) is 2.92. The molecule has 3 atom stereocenters. The van der Waals surface area contributed by atoms with Crippen LogP contribution in [0.15, 0.2) is 11.3 Å². The maximum absolute atomic E-state index is 12.4. The number of hydrogen-bond donors (Lipinski definition) is 2. The minimum atomic E-state index is -4.61. The first-order chi connectivity index (χ1) is 12.5. The van der Waals surface area contributed by atoms with Gasteiger partial charge in [0.15, 0.2) is 0 Å². The number of alkyl carbamates (subject to hydrolysis) is 1. The minimum Gasteiger partial charge on any atom is -1.00 e. The van der Waals surface area contributed by atoms with Crippen molar-refractivity contribution in [3.8, 4) is 0 Å². The maximum atomic E-state index is 12.4. The molecule has 150 valence electrons. The number of likely N-dealkylation sites (tertiary alicyclic amines) is 1. The number of carboxylic acid groups (broad SMARTS) is 1. The third-order valence-corrected chi connectivity index (χ3v) is 4.86. The van der Waals surface area contributed by atoms with Crippen molar-refractivity contribution in [3.63, 3.8) is 0 Å². The van der Waals surface area contributed by atoms with E-state index in [0.717, 1.165) is 4.90 Å². The van der Waals surface area contributed by atoms with Crippen LogP contribution in [0, 0.1) is 5.92 Å². The zero-order chi connectivity index (χ0) is 20.1. The van der Waals surface area contributed by atoms with Gasteiger partial charge in [0.25, 0.3) is 5.91 Å². The van der Waals surface area contributed by atoms with Crippen molar-refractivity contribution in [2.45, 2.75) is 31.6 Å². The number of β-lactam (4-membered cyclic amide) rings is 1. The summed E-state index contributed by atoms with van der Waals surface area (Å²) in [5, 5.41) is 11.0. The Labute approximate surface area is 180 Å². The Bertz CT molecular complexity index is 762. The summed E-state index contributed by atoms with van der Waals surface area (Å²) < 4.78 is 41.0. The van der Waals surface area contributed by atoms with Crippen LogP contribution in [0.5, 0.6) is 0 Å². The largest absolute Gasteiger partial charge is 1.00 e. The summed E-state index contributed by atoms with van der Waals surface area (Å²) >= 11 is 0. The molecular weight excluding hydrogens is 398 g/mol. The van der Waals surface area contributed by atoms with Crippen molar-refractivity contribution >= 4 is 23.9 Å². The number of carbonyl (C=O) groups is 4. The van der Waals surface area contributed by atoms with Gasteiger partial charge < -0.3 is 21.5 Å². The van der Waals surface area contributed by atoms with Crippen LogP contribution < -0.4 is 34.9 Å². The number of alkyl halides is 3. The van der Waals surface area contributed by atoms with E-state index >= 15 is 0 Å². The molecule has 3 aliphatic rings. The standard InChI is InChI=1S/C15H16F3N3O6.Na.H/c1-6(22)20-3-7-2-8(4-27-14(26)19-5-15(16,17)18)10(13(24)25)21-9(7)11(20)12(21)23;;/h7,9,11H,2-5H2,1H3,(H,19,26)(H,24,25);;/q;+1;-1/t7-,9-,11+;;/m1../s1. The van der Waals surface area contributed by atoms with E-state index < -0.39 is 49.4 Å². The number of amides is 3. The molecule has 0 bridgehead atoms. The van der Waals surface area contributed by atoms with Crippen LogP contribution in [0.3, 0.4) is 0 Å². The van der Waals surface area contributed by atoms with Crippen LogP contribution in [0.25, 0.3) is 0 Å². The number of carbonyl (C=O) groups excluding carboxylic acids is 3. The van der Waals surface area contributed by atoms with Crippen LogP contribution in [0.4, 0.5) is 18.0 Å². The molecule has 2 fully saturated rings. The Morgan fingerprint density at radius 3 is 2.54 bits per heavy atom. The molecule has 3 amide bonds. The van der Waals surface area contributed by atoms with Crippen molar-refractivity contribution in [1.29, 1.82) is 0 Å². The molecule has 0 saturated carbocycles. The number of aliphatic carboxylic acids is 1. The summed E-state index contributed by atoms with van der Waals surface area (Å²) in [7, 11) is 0. The molecule has 28 heavy (non-hydrogen) atoms. The topological polar surface area (TPSA) is 116 Å². The predicted octanol–water partition coefficient (Wildman–Crippen LogP) is -2.81. The molecule has 0 aliphatic carbocycles. The van der Waals surface area contributed by atoms with Crippen LogP contribution in [-0.4, -0.2) is 76.7 Å². The molecule has 13 heteroatoms. The van der Waals surface area contributed by atoms with Crippen LogP contribution in [-0.2, 0) is 19.1 Å². The van der Waals surface area contributed by atoms with Crippen LogP contribution >= 0.6 is 0 Å². The summed E-state index contributed by atoms with van der Waals surface area (Å²) in [4.78, 5) is 49.5. The number of nitrogens with one attached hydrogen (secondary N) is 1. The Balaban J connectivity index is 0.00000210. The van der Waals surface area contributed by atoms with Crippen molar-refractivity contribution in [3.05, 3.63) is 11.3 Å². The van der Waals surface area contributed by atoms with E-state index in [-0.39, 0.29) is 67.0 Å². The van der Waals surface area contributed by atoms with Gasteiger partial charge in [-0.1, -0.05) is 0 Å². The molecular formula is C15H17F3N3NaO6. The summed E-state index contributed by atoms with van der Waals surface area (Å²) in [6.45, 7) is -0.582. The second-order valence-electron chi connectivity index (χ2n) is 6.58. The van der Waals surface area contributed by atoms with Gasteiger partial charge in [0.1, 0.15) is 24.9 Å². The van der Waals surface area contributed by atoms with E-state index in [9.17, 15) is 37.5 Å².